The number of aliphatic hydroxyl groups is 1. The van der Waals surface area contributed by atoms with Gasteiger partial charge in [-0.3, -0.25) is 53.7 Å². The van der Waals surface area contributed by atoms with Crippen LogP contribution in [0.2, 0.25) is 0 Å². The van der Waals surface area contributed by atoms with Gasteiger partial charge in [-0.15, -0.1) is 13.2 Å². The zero-order valence-electron chi connectivity index (χ0n) is 38.3. The average Bonchev–Trinajstić information content (AvgIpc) is 3.88. The third-order valence-electron chi connectivity index (χ3n) is 12.9. The lowest BCUT2D eigenvalue weighted by atomic mass is 9.78. The van der Waals surface area contributed by atoms with Crippen molar-refractivity contribution in [2.75, 3.05) is 31.1 Å². The Balaban J connectivity index is 0.000000169. The van der Waals surface area contributed by atoms with Gasteiger partial charge in [-0.1, -0.05) is 123 Å². The second kappa shape index (κ2) is 24.1. The largest absolute Gasteiger partial charge is 0.396 e. The number of amides is 12. The van der Waals surface area contributed by atoms with Gasteiger partial charge in [-0.05, 0) is 74.1 Å². The minimum Gasteiger partial charge on any atom is -0.396 e. The molecule has 3 aromatic carbocycles. The molecule has 8 rings (SSSR count). The summed E-state index contributed by atoms with van der Waals surface area (Å²) in [5.41, 5.74) is 2.16. The number of carbonyl (C=O) groups is 9. The maximum Gasteiger partial charge on any atom is 0.338 e. The molecule has 5 aliphatic rings. The lowest BCUT2D eigenvalue weighted by molar-refractivity contribution is -0.149. The van der Waals surface area contributed by atoms with Crippen LogP contribution in [0.25, 0.3) is 0 Å². The number of imide groups is 6. The quantitative estimate of drug-likeness (QED) is 0.134. The first-order chi connectivity index (χ1) is 32.9. The number of nitrogens with one attached hydrogen (secondary N) is 1. The molecule has 0 radical (unpaired) electrons. The van der Waals surface area contributed by atoms with Crippen LogP contribution in [-0.2, 0) is 41.6 Å². The summed E-state index contributed by atoms with van der Waals surface area (Å²) in [6.45, 7) is 7.22. The predicted octanol–water partition coefficient (Wildman–Crippen LogP) is 6.44. The molecule has 2 saturated carbocycles. The fourth-order valence-corrected chi connectivity index (χ4v) is 9.46. The van der Waals surface area contributed by atoms with Crippen molar-refractivity contribution in [2.45, 2.75) is 83.1 Å². The highest BCUT2D eigenvalue weighted by atomic mass is 16.3. The molecule has 2 atom stereocenters. The van der Waals surface area contributed by atoms with E-state index in [0.717, 1.165) is 82.1 Å². The summed E-state index contributed by atoms with van der Waals surface area (Å²) < 4.78 is 0. The van der Waals surface area contributed by atoms with Crippen molar-refractivity contribution in [3.8, 4) is 0 Å². The Bertz CT molecular complexity index is 2300. The second-order valence-corrected chi connectivity index (χ2v) is 17.4. The molecule has 5 fully saturated rings. The Morgan fingerprint density at radius 2 is 1.03 bits per heavy atom. The van der Waals surface area contributed by atoms with Gasteiger partial charge in [0.1, 0.15) is 17.8 Å². The molecule has 2 N–H and O–H groups in total. The van der Waals surface area contributed by atoms with Gasteiger partial charge in [-0.2, -0.15) is 0 Å². The fourth-order valence-electron chi connectivity index (χ4n) is 9.46. The Kier molecular flexibility index (Phi) is 17.8. The van der Waals surface area contributed by atoms with Crippen molar-refractivity contribution < 1.29 is 48.3 Å². The Labute approximate surface area is 396 Å². The molecule has 2 unspecified atom stereocenters. The molecule has 0 aromatic heterocycles. The van der Waals surface area contributed by atoms with Crippen LogP contribution in [0, 0.1) is 23.7 Å². The van der Waals surface area contributed by atoms with E-state index in [9.17, 15) is 43.2 Å². The average molecular weight is 929 g/mol. The van der Waals surface area contributed by atoms with Crippen LogP contribution in [0.1, 0.15) is 75.3 Å². The van der Waals surface area contributed by atoms with Gasteiger partial charge in [0.25, 0.3) is 0 Å². The van der Waals surface area contributed by atoms with E-state index in [4.69, 9.17) is 5.11 Å². The van der Waals surface area contributed by atoms with Crippen LogP contribution in [0.15, 0.2) is 116 Å². The van der Waals surface area contributed by atoms with E-state index in [2.05, 4.69) is 18.5 Å². The predicted molar refractivity (Wildman–Crippen MR) is 252 cm³/mol. The minimum atomic E-state index is -0.964. The van der Waals surface area contributed by atoms with Crippen molar-refractivity contribution in [1.82, 2.24) is 24.9 Å². The normalized spacial score (nSPS) is 20.8. The molecule has 12 amide bonds. The van der Waals surface area contributed by atoms with E-state index < -0.39 is 59.5 Å². The molecule has 16 nitrogen and oxygen atoms in total. The zero-order chi connectivity index (χ0) is 48.7. The number of hydrogen-bond donors (Lipinski definition) is 2. The van der Waals surface area contributed by atoms with Crippen molar-refractivity contribution in [3.05, 3.63) is 127 Å². The third kappa shape index (κ3) is 11.7. The van der Waals surface area contributed by atoms with E-state index >= 15 is 0 Å². The van der Waals surface area contributed by atoms with E-state index in [1.165, 1.54) is 23.5 Å². The van der Waals surface area contributed by atoms with Crippen molar-refractivity contribution in [1.29, 1.82) is 0 Å². The fraction of sp³-hybridized carbons (Fsp3) is 0.404. The van der Waals surface area contributed by atoms with E-state index in [1.54, 1.807) is 30.3 Å². The number of nitrogens with zero attached hydrogens (tertiary/aromatic N) is 5. The standard InChI is InChI=1S/C20H20N2O4.C17H18N2O3.C15H22N2O3/c23-13-7-12-21-18(24)17(14-15-8-3-1-4-9-15)19(25)22(20(21)26)16-10-5-2-6-11-16;1-3-10-18-15(20)14(12-13-8-6-5-7-9-13)16(21)19(11-4-2)17(18)22;18-13-12(10-6-2-1-3-7-10)14(19)17(15(20)16-13)11-8-4-5-9-11/h1-6,8-11,17,23H,7,12-14H2;3-9,14H,1-2,10-12H2;10-12H,1-9H2,(H,16,18,20). The lowest BCUT2D eigenvalue weighted by Crippen LogP contribution is -2.62. The monoisotopic (exact) mass is 928 g/mol. The summed E-state index contributed by atoms with van der Waals surface area (Å²) in [4.78, 5) is 118. The molecular formula is C52H60N6O10. The number of rotatable bonds is 14. The number of hydrogen-bond acceptors (Lipinski definition) is 10. The first-order valence-corrected chi connectivity index (χ1v) is 23.4. The van der Waals surface area contributed by atoms with E-state index in [-0.39, 0.29) is 69.3 Å². The second-order valence-electron chi connectivity index (χ2n) is 17.4. The van der Waals surface area contributed by atoms with E-state index in [0.29, 0.717) is 5.69 Å². The Hall–Kier alpha value is -7.07. The molecule has 3 saturated heterocycles. The van der Waals surface area contributed by atoms with Gasteiger partial charge < -0.3 is 5.11 Å². The van der Waals surface area contributed by atoms with Gasteiger partial charge in [-0.25, -0.2) is 19.3 Å². The van der Waals surface area contributed by atoms with E-state index in [1.807, 2.05) is 60.7 Å². The number of urea groups is 3. The highest BCUT2D eigenvalue weighted by Crippen LogP contribution is 2.35. The van der Waals surface area contributed by atoms with Crippen LogP contribution in [0.4, 0.5) is 20.1 Å². The summed E-state index contributed by atoms with van der Waals surface area (Å²) in [6.07, 6.45) is 12.8. The van der Waals surface area contributed by atoms with Crippen LogP contribution >= 0.6 is 0 Å². The lowest BCUT2D eigenvalue weighted by Gasteiger charge is -2.38. The van der Waals surface area contributed by atoms with Crippen LogP contribution in [-0.4, -0.2) is 111 Å². The van der Waals surface area contributed by atoms with Crippen LogP contribution < -0.4 is 10.2 Å². The highest BCUT2D eigenvalue weighted by molar-refractivity contribution is 6.27. The number of aliphatic hydroxyl groups excluding tert-OH is 1. The van der Waals surface area contributed by atoms with Gasteiger partial charge in [0.2, 0.25) is 35.4 Å². The maximum absolute atomic E-state index is 13.0. The molecule has 358 valence electrons. The molecule has 0 spiro atoms. The molecule has 3 aromatic rings. The SMILES string of the molecule is C=CCN1C(=O)C(Cc2ccccc2)C(=O)N(CC=C)C1=O.O=C1C(Cc2ccccc2)C(=O)N(c2ccccc2)C(=O)N1CCCO.O=C1NC(=O)N(C2CCCC2)C(=O)C1C1CCCCC1. The Morgan fingerprint density at radius 3 is 1.53 bits per heavy atom. The van der Waals surface area contributed by atoms with Crippen molar-refractivity contribution >= 4 is 59.2 Å². The van der Waals surface area contributed by atoms with Gasteiger partial charge in [0.05, 0.1) is 5.69 Å². The van der Waals surface area contributed by atoms with Gasteiger partial charge in [0.15, 0.2) is 0 Å². The molecule has 3 aliphatic heterocycles. The summed E-state index contributed by atoms with van der Waals surface area (Å²) in [5.74, 6) is -4.95. The summed E-state index contributed by atoms with van der Waals surface area (Å²) in [6, 6.07) is 25.3. The zero-order valence-corrected chi connectivity index (χ0v) is 38.3. The summed E-state index contributed by atoms with van der Waals surface area (Å²) >= 11 is 0. The molecular weight excluding hydrogens is 869 g/mol. The number of para-hydroxylation sites is 1. The first kappa shape index (κ1) is 50.3. The van der Waals surface area contributed by atoms with Crippen molar-refractivity contribution in [3.63, 3.8) is 0 Å². The number of benzene rings is 3. The third-order valence-corrected chi connectivity index (χ3v) is 12.9. The smallest absolute Gasteiger partial charge is 0.338 e. The topological polar surface area (TPSA) is 202 Å². The first-order valence-electron chi connectivity index (χ1n) is 23.4. The van der Waals surface area contributed by atoms with Gasteiger partial charge >= 0.3 is 18.1 Å². The number of anilines is 1. The number of carbonyl (C=O) groups excluding carboxylic acids is 9. The summed E-state index contributed by atoms with van der Waals surface area (Å²) in [5, 5.41) is 11.5. The number of barbiturate groups is 3. The molecule has 0 bridgehead atoms. The highest BCUT2D eigenvalue weighted by Gasteiger charge is 2.49. The Morgan fingerprint density at radius 1 is 0.559 bits per heavy atom. The molecule has 16 heteroatoms. The molecule has 3 heterocycles. The maximum atomic E-state index is 13.0. The minimum absolute atomic E-state index is 0.00157. The van der Waals surface area contributed by atoms with Crippen LogP contribution in [0.3, 0.4) is 0 Å². The summed E-state index contributed by atoms with van der Waals surface area (Å²) in [7, 11) is 0. The van der Waals surface area contributed by atoms with Crippen LogP contribution in [0.5, 0.6) is 0 Å². The van der Waals surface area contributed by atoms with Crippen molar-refractivity contribution in [2.24, 2.45) is 23.7 Å². The molecule has 68 heavy (non-hydrogen) atoms. The molecule has 2 aliphatic carbocycles. The van der Waals surface area contributed by atoms with Gasteiger partial charge in [0, 0.05) is 32.3 Å².